The van der Waals surface area contributed by atoms with E-state index in [0.29, 0.717) is 31.5 Å². The summed E-state index contributed by atoms with van der Waals surface area (Å²) in [5.41, 5.74) is -0.238. The number of rotatable bonds is 6. The average Bonchev–Trinajstić information content (AvgIpc) is 3.26. The van der Waals surface area contributed by atoms with Crippen LogP contribution in [0.2, 0.25) is 0 Å². The molecule has 0 saturated carbocycles. The Labute approximate surface area is 178 Å². The highest BCUT2D eigenvalue weighted by molar-refractivity contribution is 5.98. The third kappa shape index (κ3) is 5.28. The van der Waals surface area contributed by atoms with E-state index in [-0.39, 0.29) is 17.9 Å². The molecule has 166 valence electrons. The number of hydrogen-bond acceptors (Lipinski definition) is 4. The van der Waals surface area contributed by atoms with Crippen LogP contribution in [0.3, 0.4) is 0 Å². The smallest absolute Gasteiger partial charge is 0.257 e. The van der Waals surface area contributed by atoms with E-state index in [1.807, 2.05) is 0 Å². The first kappa shape index (κ1) is 22.5. The van der Waals surface area contributed by atoms with E-state index in [9.17, 15) is 23.2 Å². The maximum absolute atomic E-state index is 13.9. The van der Waals surface area contributed by atoms with E-state index in [4.69, 9.17) is 4.42 Å². The fraction of sp³-hybridized carbons (Fsp3) is 0.409. The molecule has 1 aliphatic rings. The van der Waals surface area contributed by atoms with Gasteiger partial charge in [-0.25, -0.2) is 8.78 Å². The van der Waals surface area contributed by atoms with Crippen molar-refractivity contribution < 1.29 is 27.6 Å². The van der Waals surface area contributed by atoms with Crippen LogP contribution >= 0.6 is 0 Å². The highest BCUT2D eigenvalue weighted by Gasteiger charge is 2.30. The molecule has 2 N–H and O–H groups in total. The van der Waals surface area contributed by atoms with Crippen LogP contribution in [-0.4, -0.2) is 47.8 Å². The molecular weight excluding hydrogens is 408 g/mol. The van der Waals surface area contributed by atoms with Crippen LogP contribution in [0, 0.1) is 17.6 Å². The maximum atomic E-state index is 13.9. The Balaban J connectivity index is 1.58. The summed E-state index contributed by atoms with van der Waals surface area (Å²) in [6, 6.07) is 3.60. The highest BCUT2D eigenvalue weighted by atomic mass is 19.1. The lowest BCUT2D eigenvalue weighted by molar-refractivity contribution is -0.124. The van der Waals surface area contributed by atoms with E-state index in [0.717, 1.165) is 18.2 Å². The number of halogens is 2. The average molecular weight is 433 g/mol. The summed E-state index contributed by atoms with van der Waals surface area (Å²) in [6.07, 6.45) is 3.93. The van der Waals surface area contributed by atoms with Crippen molar-refractivity contribution in [2.45, 2.75) is 38.8 Å². The summed E-state index contributed by atoms with van der Waals surface area (Å²) >= 11 is 0. The fourth-order valence-electron chi connectivity index (χ4n) is 3.55. The van der Waals surface area contributed by atoms with Crippen molar-refractivity contribution in [3.63, 3.8) is 0 Å². The lowest BCUT2D eigenvalue weighted by Crippen LogP contribution is -2.54. The first-order valence-corrected chi connectivity index (χ1v) is 10.1. The number of benzene rings is 1. The van der Waals surface area contributed by atoms with Crippen LogP contribution in [0.4, 0.5) is 8.78 Å². The van der Waals surface area contributed by atoms with Gasteiger partial charge in [-0.3, -0.25) is 14.4 Å². The lowest BCUT2D eigenvalue weighted by Gasteiger charge is -2.33. The second-order valence-electron chi connectivity index (χ2n) is 7.88. The minimum Gasteiger partial charge on any atom is -0.472 e. The second kappa shape index (κ2) is 9.72. The van der Waals surface area contributed by atoms with Crippen molar-refractivity contribution in [3.05, 3.63) is 59.6 Å². The standard InChI is InChI=1S/C22H25F2N3O4/c1-13(2)19(26-20(28)18-16(23)4-3-5-17(18)24)21(29)25-15-6-9-27(10-7-15)22(30)14-8-11-31-12-14/h3-5,8,11-13,15,19H,6-7,9-10H2,1-2H3,(H,25,29)(H,26,28)/t19-/m1/s1. The predicted molar refractivity (Wildman–Crippen MR) is 108 cm³/mol. The van der Waals surface area contributed by atoms with Crippen molar-refractivity contribution in [3.8, 4) is 0 Å². The van der Waals surface area contributed by atoms with Crippen LogP contribution in [0.15, 0.2) is 41.2 Å². The zero-order chi connectivity index (χ0) is 22.5. The molecule has 9 heteroatoms. The van der Waals surface area contributed by atoms with Crippen molar-refractivity contribution >= 4 is 17.7 Å². The molecule has 0 unspecified atom stereocenters. The van der Waals surface area contributed by atoms with Crippen LogP contribution in [-0.2, 0) is 4.79 Å². The van der Waals surface area contributed by atoms with E-state index in [1.54, 1.807) is 24.8 Å². The zero-order valence-corrected chi connectivity index (χ0v) is 17.4. The molecule has 7 nitrogen and oxygen atoms in total. The van der Waals surface area contributed by atoms with Crippen LogP contribution in [0.1, 0.15) is 47.4 Å². The molecule has 1 aromatic heterocycles. The lowest BCUT2D eigenvalue weighted by atomic mass is 9.99. The molecule has 1 aliphatic heterocycles. The zero-order valence-electron chi connectivity index (χ0n) is 17.4. The molecule has 1 saturated heterocycles. The van der Waals surface area contributed by atoms with Gasteiger partial charge in [0, 0.05) is 19.1 Å². The van der Waals surface area contributed by atoms with Crippen molar-refractivity contribution in [2.75, 3.05) is 13.1 Å². The number of likely N-dealkylation sites (tertiary alicyclic amines) is 1. The van der Waals surface area contributed by atoms with Gasteiger partial charge in [0.25, 0.3) is 11.8 Å². The monoisotopic (exact) mass is 433 g/mol. The summed E-state index contributed by atoms with van der Waals surface area (Å²) in [4.78, 5) is 39.2. The van der Waals surface area contributed by atoms with E-state index < -0.39 is 35.1 Å². The van der Waals surface area contributed by atoms with Gasteiger partial charge >= 0.3 is 0 Å². The molecule has 0 bridgehead atoms. The second-order valence-corrected chi connectivity index (χ2v) is 7.88. The van der Waals surface area contributed by atoms with Crippen LogP contribution in [0.25, 0.3) is 0 Å². The minimum atomic E-state index is -0.991. The Hall–Kier alpha value is -3.23. The third-order valence-electron chi connectivity index (χ3n) is 5.32. The Morgan fingerprint density at radius 3 is 2.29 bits per heavy atom. The summed E-state index contributed by atoms with van der Waals surface area (Å²) in [6.45, 7) is 4.39. The molecule has 1 atom stereocenters. The number of furan rings is 1. The number of nitrogens with zero attached hydrogens (tertiary/aromatic N) is 1. The number of piperidine rings is 1. The van der Waals surface area contributed by atoms with Crippen molar-refractivity contribution in [1.29, 1.82) is 0 Å². The molecular formula is C22H25F2N3O4. The van der Waals surface area contributed by atoms with Gasteiger partial charge in [0.15, 0.2) is 0 Å². The molecule has 1 aromatic carbocycles. The molecule has 1 fully saturated rings. The Morgan fingerprint density at radius 1 is 1.10 bits per heavy atom. The number of carbonyl (C=O) groups is 3. The normalized spacial score (nSPS) is 15.6. The molecule has 3 amide bonds. The van der Waals surface area contributed by atoms with Gasteiger partial charge in [-0.2, -0.15) is 0 Å². The topological polar surface area (TPSA) is 91.7 Å². The van der Waals surface area contributed by atoms with Crippen LogP contribution < -0.4 is 10.6 Å². The highest BCUT2D eigenvalue weighted by Crippen LogP contribution is 2.16. The van der Waals surface area contributed by atoms with Gasteiger partial charge < -0.3 is 20.0 Å². The predicted octanol–water partition coefficient (Wildman–Crippen LogP) is 2.73. The Morgan fingerprint density at radius 2 is 1.74 bits per heavy atom. The third-order valence-corrected chi connectivity index (χ3v) is 5.32. The van der Waals surface area contributed by atoms with Gasteiger partial charge in [0.1, 0.15) is 29.5 Å². The minimum absolute atomic E-state index is 0.127. The van der Waals surface area contributed by atoms with Gasteiger partial charge in [-0.15, -0.1) is 0 Å². The molecule has 0 aliphatic carbocycles. The molecule has 3 rings (SSSR count). The summed E-state index contributed by atoms with van der Waals surface area (Å²) in [5, 5.41) is 5.33. The number of hydrogen-bond donors (Lipinski definition) is 2. The number of nitrogens with one attached hydrogen (secondary N) is 2. The van der Waals surface area contributed by atoms with Gasteiger partial charge in [-0.1, -0.05) is 19.9 Å². The Kier molecular flexibility index (Phi) is 7.04. The summed E-state index contributed by atoms with van der Waals surface area (Å²) < 4.78 is 32.7. The summed E-state index contributed by atoms with van der Waals surface area (Å²) in [5.74, 6) is -3.82. The maximum Gasteiger partial charge on any atom is 0.257 e. The fourth-order valence-corrected chi connectivity index (χ4v) is 3.55. The molecule has 0 radical (unpaired) electrons. The van der Waals surface area contributed by atoms with E-state index >= 15 is 0 Å². The van der Waals surface area contributed by atoms with Crippen LogP contribution in [0.5, 0.6) is 0 Å². The molecule has 0 spiro atoms. The van der Waals surface area contributed by atoms with Gasteiger partial charge in [-0.05, 0) is 37.0 Å². The quantitative estimate of drug-likeness (QED) is 0.733. The Bertz CT molecular complexity index is 918. The van der Waals surface area contributed by atoms with E-state index in [1.165, 1.54) is 12.5 Å². The molecule has 31 heavy (non-hydrogen) atoms. The first-order chi connectivity index (χ1) is 14.8. The van der Waals surface area contributed by atoms with Gasteiger partial charge in [0.05, 0.1) is 11.8 Å². The largest absolute Gasteiger partial charge is 0.472 e. The number of carbonyl (C=O) groups excluding carboxylic acids is 3. The molecule has 2 aromatic rings. The van der Waals surface area contributed by atoms with Crippen molar-refractivity contribution in [2.24, 2.45) is 5.92 Å². The van der Waals surface area contributed by atoms with Gasteiger partial charge in [0.2, 0.25) is 5.91 Å². The SMILES string of the molecule is CC(C)[C@@H](NC(=O)c1c(F)cccc1F)C(=O)NC1CCN(C(=O)c2ccoc2)CC1. The summed E-state index contributed by atoms with van der Waals surface area (Å²) in [7, 11) is 0. The molecule has 2 heterocycles. The number of amides is 3. The van der Waals surface area contributed by atoms with E-state index in [2.05, 4.69) is 10.6 Å². The van der Waals surface area contributed by atoms with Crippen molar-refractivity contribution in [1.82, 2.24) is 15.5 Å². The first-order valence-electron chi connectivity index (χ1n) is 10.1.